The number of aromatic nitrogens is 4. The first-order valence-electron chi connectivity index (χ1n) is 8.00. The topological polar surface area (TPSA) is 61.9 Å². The van der Waals surface area contributed by atoms with Crippen molar-refractivity contribution < 1.29 is 17.9 Å². The molecule has 4 rings (SSSR count). The lowest BCUT2D eigenvalue weighted by Gasteiger charge is -2.15. The molecule has 0 N–H and O–H groups in total. The Balaban J connectivity index is 2.19. The van der Waals surface area contributed by atoms with Gasteiger partial charge >= 0.3 is 6.18 Å². The molecule has 4 aromatic rings. The van der Waals surface area contributed by atoms with Crippen molar-refractivity contribution in [3.8, 4) is 11.4 Å². The van der Waals surface area contributed by atoms with Crippen LogP contribution in [0.15, 0.2) is 41.5 Å². The van der Waals surface area contributed by atoms with E-state index in [-0.39, 0.29) is 21.9 Å². The van der Waals surface area contributed by atoms with Gasteiger partial charge in [0.25, 0.3) is 5.56 Å². The first kappa shape index (κ1) is 18.3. The number of aryl methyl sites for hydroxylation is 1. The zero-order valence-electron chi connectivity index (χ0n) is 14.6. The summed E-state index contributed by atoms with van der Waals surface area (Å²) in [7, 11) is 3.10. The predicted molar refractivity (Wildman–Crippen MR) is 98.2 cm³/mol. The summed E-state index contributed by atoms with van der Waals surface area (Å²) in [5.41, 5.74) is -1.23. The van der Waals surface area contributed by atoms with Crippen LogP contribution < -0.4 is 10.3 Å². The van der Waals surface area contributed by atoms with Crippen LogP contribution in [-0.2, 0) is 13.2 Å². The number of fused-ring (bicyclic) bond motifs is 3. The zero-order valence-corrected chi connectivity index (χ0v) is 15.3. The summed E-state index contributed by atoms with van der Waals surface area (Å²) in [6.45, 7) is 0. The van der Waals surface area contributed by atoms with Crippen LogP contribution in [0.2, 0.25) is 5.02 Å². The van der Waals surface area contributed by atoms with Crippen molar-refractivity contribution in [2.75, 3.05) is 7.11 Å². The number of rotatable bonds is 2. The van der Waals surface area contributed by atoms with Crippen LogP contribution in [0.5, 0.6) is 5.75 Å². The first-order chi connectivity index (χ1) is 13.2. The van der Waals surface area contributed by atoms with Gasteiger partial charge in [0.1, 0.15) is 17.1 Å². The largest absolute Gasteiger partial charge is 0.497 e. The Bertz CT molecular complexity index is 1290. The van der Waals surface area contributed by atoms with E-state index in [2.05, 4.69) is 9.97 Å². The van der Waals surface area contributed by atoms with Gasteiger partial charge in [-0.15, -0.1) is 0 Å². The Morgan fingerprint density at radius 2 is 1.93 bits per heavy atom. The first-order valence-corrected chi connectivity index (χ1v) is 8.38. The highest BCUT2D eigenvalue weighted by Gasteiger charge is 2.33. The van der Waals surface area contributed by atoms with Gasteiger partial charge < -0.3 is 9.30 Å². The van der Waals surface area contributed by atoms with E-state index >= 15 is 0 Å². The van der Waals surface area contributed by atoms with E-state index in [4.69, 9.17) is 16.3 Å². The Morgan fingerprint density at radius 1 is 1.18 bits per heavy atom. The van der Waals surface area contributed by atoms with Gasteiger partial charge in [-0.05, 0) is 24.3 Å². The highest BCUT2D eigenvalue weighted by molar-refractivity contribution is 6.32. The van der Waals surface area contributed by atoms with Crippen LogP contribution in [0.25, 0.3) is 27.8 Å². The van der Waals surface area contributed by atoms with Gasteiger partial charge in [0, 0.05) is 18.5 Å². The summed E-state index contributed by atoms with van der Waals surface area (Å²) < 4.78 is 47.5. The molecule has 0 atom stereocenters. The van der Waals surface area contributed by atoms with Crippen molar-refractivity contribution >= 4 is 33.7 Å². The number of methoxy groups -OCH3 is 1. The third-order valence-electron chi connectivity index (χ3n) is 4.37. The molecule has 0 aliphatic carbocycles. The second-order valence-electron chi connectivity index (χ2n) is 6.08. The summed E-state index contributed by atoms with van der Waals surface area (Å²) in [6.07, 6.45) is -3.25. The summed E-state index contributed by atoms with van der Waals surface area (Å²) in [6, 6.07) is 6.65. The molecule has 144 valence electrons. The van der Waals surface area contributed by atoms with Gasteiger partial charge in [0.15, 0.2) is 5.52 Å². The lowest BCUT2D eigenvalue weighted by Crippen LogP contribution is -2.22. The minimum Gasteiger partial charge on any atom is -0.497 e. The molecule has 0 saturated carbocycles. The number of pyridine rings is 2. The van der Waals surface area contributed by atoms with E-state index in [9.17, 15) is 18.0 Å². The second kappa shape index (κ2) is 6.23. The second-order valence-corrected chi connectivity index (χ2v) is 6.48. The molecule has 0 unspecified atom stereocenters. The molecule has 3 aromatic heterocycles. The minimum atomic E-state index is -4.67. The van der Waals surface area contributed by atoms with E-state index in [0.29, 0.717) is 16.7 Å². The fourth-order valence-electron chi connectivity index (χ4n) is 3.09. The monoisotopic (exact) mass is 408 g/mol. The minimum absolute atomic E-state index is 0.100. The summed E-state index contributed by atoms with van der Waals surface area (Å²) in [5, 5.41) is 0.465. The molecular weight excluding hydrogens is 397 g/mol. The van der Waals surface area contributed by atoms with Crippen LogP contribution in [0.3, 0.4) is 0 Å². The summed E-state index contributed by atoms with van der Waals surface area (Å²) >= 11 is 6.29. The lowest BCUT2D eigenvalue weighted by atomic mass is 10.2. The standard InChI is InChI=1S/C18H12ClF3N4O2/c1-25-8-23-14-15(25)10-4-6-13(18(20,21)22)24-16(10)26(17(14)27)12-5-3-9(28-2)7-11(12)19/h3-8H,1-2H3. The maximum atomic E-state index is 13.3. The van der Waals surface area contributed by atoms with E-state index in [1.165, 1.54) is 31.6 Å². The number of alkyl halides is 3. The molecule has 0 bridgehead atoms. The number of hydrogen-bond donors (Lipinski definition) is 0. The summed E-state index contributed by atoms with van der Waals surface area (Å²) in [4.78, 5) is 20.9. The number of halogens is 4. The molecular formula is C18H12ClF3N4O2. The lowest BCUT2D eigenvalue weighted by molar-refractivity contribution is -0.141. The number of hydrogen-bond acceptors (Lipinski definition) is 4. The van der Waals surface area contributed by atoms with Gasteiger partial charge in [-0.2, -0.15) is 13.2 Å². The molecule has 0 fully saturated rings. The molecule has 0 amide bonds. The fraction of sp³-hybridized carbons (Fsp3) is 0.167. The number of benzene rings is 1. The molecule has 0 radical (unpaired) electrons. The van der Waals surface area contributed by atoms with Gasteiger partial charge in [0.05, 0.1) is 29.7 Å². The van der Waals surface area contributed by atoms with Crippen molar-refractivity contribution in [1.29, 1.82) is 0 Å². The molecule has 1 aromatic carbocycles. The van der Waals surface area contributed by atoms with E-state index in [1.807, 2.05) is 0 Å². The highest BCUT2D eigenvalue weighted by atomic mass is 35.5. The van der Waals surface area contributed by atoms with Crippen molar-refractivity contribution in [3.63, 3.8) is 0 Å². The summed E-state index contributed by atoms with van der Waals surface area (Å²) in [5.74, 6) is 0.439. The van der Waals surface area contributed by atoms with Crippen molar-refractivity contribution in [2.45, 2.75) is 6.18 Å². The normalized spacial score (nSPS) is 12.1. The molecule has 0 aliphatic rings. The molecule has 6 nitrogen and oxygen atoms in total. The van der Waals surface area contributed by atoms with Crippen molar-refractivity contribution in [2.24, 2.45) is 7.05 Å². The molecule has 0 saturated heterocycles. The molecule has 3 heterocycles. The van der Waals surface area contributed by atoms with E-state index in [1.54, 1.807) is 17.7 Å². The molecule has 28 heavy (non-hydrogen) atoms. The predicted octanol–water partition coefficient (Wildman–Crippen LogP) is 3.95. The third-order valence-corrected chi connectivity index (χ3v) is 4.67. The molecule has 10 heteroatoms. The van der Waals surface area contributed by atoms with Gasteiger partial charge in [0.2, 0.25) is 0 Å². The Labute approximate surface area is 160 Å². The van der Waals surface area contributed by atoms with E-state index < -0.39 is 17.4 Å². The number of nitrogens with zero attached hydrogens (tertiary/aromatic N) is 4. The van der Waals surface area contributed by atoms with Crippen molar-refractivity contribution in [3.05, 3.63) is 57.7 Å². The zero-order chi connectivity index (χ0) is 20.2. The fourth-order valence-corrected chi connectivity index (χ4v) is 3.34. The third kappa shape index (κ3) is 2.70. The average Bonchev–Trinajstić information content (AvgIpc) is 3.04. The Morgan fingerprint density at radius 3 is 2.57 bits per heavy atom. The highest BCUT2D eigenvalue weighted by Crippen LogP contribution is 2.32. The van der Waals surface area contributed by atoms with E-state index in [0.717, 1.165) is 10.6 Å². The van der Waals surface area contributed by atoms with Crippen LogP contribution >= 0.6 is 11.6 Å². The van der Waals surface area contributed by atoms with Crippen LogP contribution in [0.1, 0.15) is 5.69 Å². The van der Waals surface area contributed by atoms with Gasteiger partial charge in [-0.3, -0.25) is 9.36 Å². The van der Waals surface area contributed by atoms with Gasteiger partial charge in [-0.1, -0.05) is 11.6 Å². The molecule has 0 aliphatic heterocycles. The number of imidazole rings is 1. The maximum absolute atomic E-state index is 13.3. The molecule has 0 spiro atoms. The smallest absolute Gasteiger partial charge is 0.433 e. The number of ether oxygens (including phenoxy) is 1. The van der Waals surface area contributed by atoms with Gasteiger partial charge in [-0.25, -0.2) is 9.97 Å². The SMILES string of the molecule is COc1ccc(-n2c(=O)c3ncn(C)c3c3ccc(C(F)(F)F)nc32)c(Cl)c1. The van der Waals surface area contributed by atoms with Crippen LogP contribution in [0.4, 0.5) is 13.2 Å². The Kier molecular flexibility index (Phi) is 4.07. The maximum Gasteiger partial charge on any atom is 0.433 e. The van der Waals surface area contributed by atoms with Crippen LogP contribution in [-0.4, -0.2) is 26.2 Å². The average molecular weight is 409 g/mol. The van der Waals surface area contributed by atoms with Crippen molar-refractivity contribution in [1.82, 2.24) is 19.1 Å². The Hall–Kier alpha value is -3.07. The van der Waals surface area contributed by atoms with Crippen LogP contribution in [0, 0.1) is 0 Å². The quantitative estimate of drug-likeness (QED) is 0.504.